The van der Waals surface area contributed by atoms with Gasteiger partial charge in [-0.15, -0.1) is 0 Å². The van der Waals surface area contributed by atoms with Crippen LogP contribution in [0.1, 0.15) is 12.0 Å². The number of carbonyl (C=O) groups excluding carboxylic acids is 1. The predicted molar refractivity (Wildman–Crippen MR) is 113 cm³/mol. The van der Waals surface area contributed by atoms with Gasteiger partial charge < -0.3 is 15.5 Å². The first-order chi connectivity index (χ1) is 13.1. The minimum absolute atomic E-state index is 0.143. The molecule has 0 atom stereocenters. The van der Waals surface area contributed by atoms with E-state index in [9.17, 15) is 4.79 Å². The van der Waals surface area contributed by atoms with Crippen molar-refractivity contribution >= 4 is 29.0 Å². The molecule has 3 rings (SSSR count). The Morgan fingerprint density at radius 1 is 1.07 bits per heavy atom. The van der Waals surface area contributed by atoms with E-state index in [4.69, 9.17) is 11.6 Å². The van der Waals surface area contributed by atoms with Crippen molar-refractivity contribution in [3.63, 3.8) is 0 Å². The summed E-state index contributed by atoms with van der Waals surface area (Å²) in [4.78, 5) is 16.8. The van der Waals surface area contributed by atoms with Crippen LogP contribution in [0.5, 0.6) is 0 Å². The number of benzene rings is 2. The Balaban J connectivity index is 1.32. The number of nitrogens with one attached hydrogen (secondary N) is 2. The number of urea groups is 1. The summed E-state index contributed by atoms with van der Waals surface area (Å²) in [7, 11) is 0. The highest BCUT2D eigenvalue weighted by atomic mass is 35.5. The third-order valence-corrected chi connectivity index (χ3v) is 5.11. The molecule has 1 heterocycles. The molecule has 0 spiro atoms. The van der Waals surface area contributed by atoms with Crippen LogP contribution in [-0.2, 0) is 0 Å². The highest BCUT2D eigenvalue weighted by Crippen LogP contribution is 2.20. The van der Waals surface area contributed by atoms with E-state index in [0.29, 0.717) is 6.54 Å². The van der Waals surface area contributed by atoms with Crippen LogP contribution in [0.15, 0.2) is 48.5 Å². The van der Waals surface area contributed by atoms with Gasteiger partial charge in [-0.2, -0.15) is 0 Å². The maximum atomic E-state index is 12.0. The van der Waals surface area contributed by atoms with Crippen LogP contribution >= 0.6 is 11.6 Å². The van der Waals surface area contributed by atoms with Crippen molar-refractivity contribution in [1.82, 2.24) is 10.2 Å². The smallest absolute Gasteiger partial charge is 0.319 e. The number of hydrogen-bond acceptors (Lipinski definition) is 3. The van der Waals surface area contributed by atoms with E-state index in [1.165, 1.54) is 5.69 Å². The summed E-state index contributed by atoms with van der Waals surface area (Å²) in [6, 6.07) is 15.7. The normalized spacial score (nSPS) is 14.8. The molecule has 0 aliphatic carbocycles. The van der Waals surface area contributed by atoms with Crippen LogP contribution in [0.4, 0.5) is 16.2 Å². The molecule has 6 heteroatoms. The molecule has 1 aliphatic heterocycles. The molecule has 0 aromatic heterocycles. The van der Waals surface area contributed by atoms with E-state index >= 15 is 0 Å². The molecule has 1 fully saturated rings. The Labute approximate surface area is 166 Å². The molecular formula is C21H27ClN4O. The summed E-state index contributed by atoms with van der Waals surface area (Å²) in [6.45, 7) is 7.71. The highest BCUT2D eigenvalue weighted by molar-refractivity contribution is 6.30. The van der Waals surface area contributed by atoms with Crippen LogP contribution in [0.3, 0.4) is 0 Å². The lowest BCUT2D eigenvalue weighted by Gasteiger charge is -2.36. The standard InChI is InChI=1S/C21H27ClN4O/c1-17-6-2-3-9-20(17)24-21(27)23-10-5-11-25-12-14-26(15-13-25)19-8-4-7-18(22)16-19/h2-4,6-9,16H,5,10-15H2,1H3,(H2,23,24,27). The fraction of sp³-hybridized carbons (Fsp3) is 0.381. The first kappa shape index (κ1) is 19.5. The Morgan fingerprint density at radius 3 is 2.59 bits per heavy atom. The van der Waals surface area contributed by atoms with Crippen LogP contribution < -0.4 is 15.5 Å². The zero-order valence-electron chi connectivity index (χ0n) is 15.7. The average molecular weight is 387 g/mol. The molecule has 2 aromatic rings. The molecule has 0 saturated carbocycles. The van der Waals surface area contributed by atoms with Gasteiger partial charge in [-0.05, 0) is 49.7 Å². The van der Waals surface area contributed by atoms with E-state index in [1.807, 2.05) is 49.4 Å². The summed E-state index contributed by atoms with van der Waals surface area (Å²) in [5, 5.41) is 6.62. The molecule has 0 radical (unpaired) electrons. The molecule has 0 bridgehead atoms. The molecule has 1 aliphatic rings. The van der Waals surface area contributed by atoms with Crippen molar-refractivity contribution < 1.29 is 4.79 Å². The second-order valence-electron chi connectivity index (χ2n) is 6.86. The SMILES string of the molecule is Cc1ccccc1NC(=O)NCCCN1CCN(c2cccc(Cl)c2)CC1. The lowest BCUT2D eigenvalue weighted by Crippen LogP contribution is -2.47. The number of amides is 2. The van der Waals surface area contributed by atoms with Crippen molar-refractivity contribution in [2.75, 3.05) is 49.5 Å². The Hall–Kier alpha value is -2.24. The van der Waals surface area contributed by atoms with Crippen LogP contribution in [0.25, 0.3) is 0 Å². The quantitative estimate of drug-likeness (QED) is 0.738. The summed E-state index contributed by atoms with van der Waals surface area (Å²) in [5.41, 5.74) is 3.11. The molecule has 1 saturated heterocycles. The van der Waals surface area contributed by atoms with Crippen molar-refractivity contribution in [3.8, 4) is 0 Å². The lowest BCUT2D eigenvalue weighted by atomic mass is 10.2. The minimum Gasteiger partial charge on any atom is -0.369 e. The molecule has 2 amide bonds. The third-order valence-electron chi connectivity index (χ3n) is 4.88. The average Bonchev–Trinajstić information content (AvgIpc) is 2.68. The number of halogens is 1. The maximum Gasteiger partial charge on any atom is 0.319 e. The van der Waals surface area contributed by atoms with Crippen molar-refractivity contribution in [2.24, 2.45) is 0 Å². The zero-order chi connectivity index (χ0) is 19.1. The van der Waals surface area contributed by atoms with Crippen LogP contribution in [0.2, 0.25) is 5.02 Å². The fourth-order valence-corrected chi connectivity index (χ4v) is 3.47. The Kier molecular flexibility index (Phi) is 6.96. The molecular weight excluding hydrogens is 360 g/mol. The van der Waals surface area contributed by atoms with E-state index < -0.39 is 0 Å². The Bertz CT molecular complexity index is 759. The number of aryl methyl sites for hydroxylation is 1. The van der Waals surface area contributed by atoms with E-state index in [0.717, 1.165) is 55.4 Å². The van der Waals surface area contributed by atoms with Gasteiger partial charge in [-0.25, -0.2) is 4.79 Å². The first-order valence-corrected chi connectivity index (χ1v) is 9.83. The minimum atomic E-state index is -0.143. The second kappa shape index (κ2) is 9.62. The number of rotatable bonds is 6. The molecule has 2 aromatic carbocycles. The molecule has 2 N–H and O–H groups in total. The summed E-state index contributed by atoms with van der Waals surface area (Å²) >= 11 is 6.09. The van der Waals surface area contributed by atoms with Crippen LogP contribution in [0, 0.1) is 6.92 Å². The number of anilines is 2. The predicted octanol–water partition coefficient (Wildman–Crippen LogP) is 3.98. The van der Waals surface area contributed by atoms with Gasteiger partial charge in [0, 0.05) is 49.1 Å². The lowest BCUT2D eigenvalue weighted by molar-refractivity contribution is 0.244. The largest absolute Gasteiger partial charge is 0.369 e. The molecule has 144 valence electrons. The van der Waals surface area contributed by atoms with Gasteiger partial charge in [0.25, 0.3) is 0 Å². The number of nitrogens with zero attached hydrogens (tertiary/aromatic N) is 2. The fourth-order valence-electron chi connectivity index (χ4n) is 3.29. The van der Waals surface area contributed by atoms with Gasteiger partial charge in [0.05, 0.1) is 0 Å². The van der Waals surface area contributed by atoms with E-state index in [1.54, 1.807) is 0 Å². The number of carbonyl (C=O) groups is 1. The second-order valence-corrected chi connectivity index (χ2v) is 7.29. The monoisotopic (exact) mass is 386 g/mol. The number of para-hydroxylation sites is 1. The van der Waals surface area contributed by atoms with Gasteiger partial charge in [0.1, 0.15) is 0 Å². The Morgan fingerprint density at radius 2 is 1.85 bits per heavy atom. The van der Waals surface area contributed by atoms with Crippen molar-refractivity contribution in [3.05, 3.63) is 59.1 Å². The van der Waals surface area contributed by atoms with Crippen LogP contribution in [-0.4, -0.2) is 50.2 Å². The van der Waals surface area contributed by atoms with Gasteiger partial charge in [-0.3, -0.25) is 4.90 Å². The number of piperazine rings is 1. The summed E-state index contributed by atoms with van der Waals surface area (Å²) < 4.78 is 0. The van der Waals surface area contributed by atoms with E-state index in [-0.39, 0.29) is 6.03 Å². The number of hydrogen-bond donors (Lipinski definition) is 2. The van der Waals surface area contributed by atoms with Gasteiger partial charge in [0.15, 0.2) is 0 Å². The topological polar surface area (TPSA) is 47.6 Å². The third kappa shape index (κ3) is 5.88. The van der Waals surface area contributed by atoms with Crippen molar-refractivity contribution in [2.45, 2.75) is 13.3 Å². The summed E-state index contributed by atoms with van der Waals surface area (Å²) in [6.07, 6.45) is 0.943. The van der Waals surface area contributed by atoms with Gasteiger partial charge >= 0.3 is 6.03 Å². The van der Waals surface area contributed by atoms with Gasteiger partial charge in [0.2, 0.25) is 0 Å². The molecule has 0 unspecified atom stereocenters. The van der Waals surface area contributed by atoms with Gasteiger partial charge in [-0.1, -0.05) is 35.9 Å². The highest BCUT2D eigenvalue weighted by Gasteiger charge is 2.17. The molecule has 5 nitrogen and oxygen atoms in total. The zero-order valence-corrected chi connectivity index (χ0v) is 16.5. The summed E-state index contributed by atoms with van der Waals surface area (Å²) in [5.74, 6) is 0. The maximum absolute atomic E-state index is 12.0. The van der Waals surface area contributed by atoms with E-state index in [2.05, 4.69) is 26.5 Å². The molecule has 27 heavy (non-hydrogen) atoms. The van der Waals surface area contributed by atoms with Crippen molar-refractivity contribution in [1.29, 1.82) is 0 Å². The first-order valence-electron chi connectivity index (χ1n) is 9.45.